The number of methoxy groups -OCH3 is 1. The van der Waals surface area contributed by atoms with Gasteiger partial charge in [0.05, 0.1) is 13.2 Å². The van der Waals surface area contributed by atoms with Gasteiger partial charge in [-0.15, -0.1) is 11.3 Å². The molecule has 5 heteroatoms. The highest BCUT2D eigenvalue weighted by Crippen LogP contribution is 2.31. The number of rotatable bonds is 5. The molecule has 4 nitrogen and oxygen atoms in total. The molecule has 0 bridgehead atoms. The lowest BCUT2D eigenvalue weighted by atomic mass is 10.1. The largest absolute Gasteiger partial charge is 0.480 e. The first-order valence-electron chi connectivity index (χ1n) is 5.90. The first-order chi connectivity index (χ1) is 8.77. The number of ether oxygens (including phenoxy) is 1. The fraction of sp³-hybridized carbons (Fsp3) is 0.385. The van der Waals surface area contributed by atoms with Crippen LogP contribution in [0.15, 0.2) is 23.8 Å². The first kappa shape index (κ1) is 13.0. The van der Waals surface area contributed by atoms with Crippen LogP contribution in [-0.4, -0.2) is 23.6 Å². The molecular formula is C13H17N3OS. The smallest absolute Gasteiger partial charge is 0.237 e. The van der Waals surface area contributed by atoms with Crippen LogP contribution < -0.4 is 10.1 Å². The zero-order valence-corrected chi connectivity index (χ0v) is 11.6. The molecule has 0 saturated heterocycles. The number of hydrogen-bond donors (Lipinski definition) is 1. The van der Waals surface area contributed by atoms with Crippen molar-refractivity contribution in [3.05, 3.63) is 40.0 Å². The minimum atomic E-state index is 0.0404. The van der Waals surface area contributed by atoms with Gasteiger partial charge in [-0.25, -0.2) is 4.98 Å². The van der Waals surface area contributed by atoms with Crippen LogP contribution >= 0.6 is 11.3 Å². The molecule has 2 heterocycles. The van der Waals surface area contributed by atoms with Crippen molar-refractivity contribution < 1.29 is 4.74 Å². The lowest BCUT2D eigenvalue weighted by molar-refractivity contribution is 0.383. The van der Waals surface area contributed by atoms with Gasteiger partial charge in [-0.1, -0.05) is 6.92 Å². The molecule has 96 valence electrons. The quantitative estimate of drug-likeness (QED) is 0.900. The van der Waals surface area contributed by atoms with Crippen molar-refractivity contribution in [2.75, 3.05) is 13.7 Å². The van der Waals surface area contributed by atoms with E-state index in [-0.39, 0.29) is 6.04 Å². The second-order valence-electron chi connectivity index (χ2n) is 3.91. The molecule has 0 aliphatic heterocycles. The highest BCUT2D eigenvalue weighted by atomic mass is 32.1. The summed E-state index contributed by atoms with van der Waals surface area (Å²) in [5.74, 6) is 0.580. The van der Waals surface area contributed by atoms with Gasteiger partial charge in [0.1, 0.15) is 5.69 Å². The molecule has 0 radical (unpaired) electrons. The maximum atomic E-state index is 5.30. The highest BCUT2D eigenvalue weighted by Gasteiger charge is 2.22. The third-order valence-electron chi connectivity index (χ3n) is 2.73. The third kappa shape index (κ3) is 2.52. The van der Waals surface area contributed by atoms with Crippen LogP contribution in [0, 0.1) is 6.92 Å². The zero-order valence-electron chi connectivity index (χ0n) is 10.8. The van der Waals surface area contributed by atoms with E-state index in [1.807, 2.05) is 0 Å². The number of nitrogens with one attached hydrogen (secondary N) is 1. The maximum Gasteiger partial charge on any atom is 0.237 e. The summed E-state index contributed by atoms with van der Waals surface area (Å²) in [4.78, 5) is 9.90. The van der Waals surface area contributed by atoms with Gasteiger partial charge in [0.15, 0.2) is 0 Å². The Kier molecular flexibility index (Phi) is 4.28. The summed E-state index contributed by atoms with van der Waals surface area (Å²) < 4.78 is 5.30. The average molecular weight is 263 g/mol. The van der Waals surface area contributed by atoms with E-state index in [1.54, 1.807) is 30.8 Å². The molecule has 2 aromatic heterocycles. The Morgan fingerprint density at radius 3 is 2.78 bits per heavy atom. The van der Waals surface area contributed by atoms with E-state index in [4.69, 9.17) is 4.74 Å². The Morgan fingerprint density at radius 1 is 1.39 bits per heavy atom. The SMILES string of the molecule is CCNC(c1nccnc1OC)c1sccc1C. The van der Waals surface area contributed by atoms with Gasteiger partial charge in [-0.2, -0.15) is 0 Å². The van der Waals surface area contributed by atoms with Crippen LogP contribution in [0.25, 0.3) is 0 Å². The van der Waals surface area contributed by atoms with Gasteiger partial charge in [-0.05, 0) is 30.5 Å². The topological polar surface area (TPSA) is 47.0 Å². The van der Waals surface area contributed by atoms with E-state index >= 15 is 0 Å². The molecule has 0 aromatic carbocycles. The van der Waals surface area contributed by atoms with E-state index in [0.717, 1.165) is 12.2 Å². The predicted molar refractivity (Wildman–Crippen MR) is 73.2 cm³/mol. The van der Waals surface area contributed by atoms with Gasteiger partial charge in [-0.3, -0.25) is 4.98 Å². The van der Waals surface area contributed by atoms with E-state index in [0.29, 0.717) is 5.88 Å². The molecule has 1 N–H and O–H groups in total. The van der Waals surface area contributed by atoms with Crippen LogP contribution in [0.1, 0.15) is 29.1 Å². The van der Waals surface area contributed by atoms with Crippen molar-refractivity contribution >= 4 is 11.3 Å². The van der Waals surface area contributed by atoms with Crippen LogP contribution in [-0.2, 0) is 0 Å². The number of thiophene rings is 1. The average Bonchev–Trinajstić information content (AvgIpc) is 2.82. The second-order valence-corrected chi connectivity index (χ2v) is 4.86. The van der Waals surface area contributed by atoms with Gasteiger partial charge >= 0.3 is 0 Å². The molecule has 0 aliphatic carbocycles. The monoisotopic (exact) mass is 263 g/mol. The molecular weight excluding hydrogens is 246 g/mol. The van der Waals surface area contributed by atoms with Crippen LogP contribution in [0.4, 0.5) is 0 Å². The molecule has 2 rings (SSSR count). The van der Waals surface area contributed by atoms with E-state index < -0.39 is 0 Å². The van der Waals surface area contributed by atoms with E-state index in [9.17, 15) is 0 Å². The van der Waals surface area contributed by atoms with Crippen molar-refractivity contribution in [2.24, 2.45) is 0 Å². The summed E-state index contributed by atoms with van der Waals surface area (Å²) in [6.45, 7) is 5.06. The summed E-state index contributed by atoms with van der Waals surface area (Å²) in [6.07, 6.45) is 3.34. The molecule has 0 fully saturated rings. The summed E-state index contributed by atoms with van der Waals surface area (Å²) in [7, 11) is 1.62. The number of nitrogens with zero attached hydrogens (tertiary/aromatic N) is 2. The first-order valence-corrected chi connectivity index (χ1v) is 6.78. The van der Waals surface area contributed by atoms with Gasteiger partial charge in [0.25, 0.3) is 0 Å². The Bertz CT molecular complexity index is 512. The van der Waals surface area contributed by atoms with Crippen LogP contribution in [0.3, 0.4) is 0 Å². The lowest BCUT2D eigenvalue weighted by Gasteiger charge is -2.18. The predicted octanol–water partition coefficient (Wildman–Crippen LogP) is 2.55. The summed E-state index contributed by atoms with van der Waals surface area (Å²) in [6, 6.07) is 2.16. The highest BCUT2D eigenvalue weighted by molar-refractivity contribution is 7.10. The van der Waals surface area contributed by atoms with E-state index in [2.05, 4.69) is 40.6 Å². The van der Waals surface area contributed by atoms with Gasteiger partial charge in [0.2, 0.25) is 5.88 Å². The molecule has 2 aromatic rings. The maximum absolute atomic E-state index is 5.30. The van der Waals surface area contributed by atoms with Crippen molar-refractivity contribution in [2.45, 2.75) is 19.9 Å². The minimum Gasteiger partial charge on any atom is -0.480 e. The normalized spacial score (nSPS) is 12.4. The molecule has 0 spiro atoms. The summed E-state index contributed by atoms with van der Waals surface area (Å²) >= 11 is 1.73. The van der Waals surface area contributed by atoms with Gasteiger partial charge < -0.3 is 10.1 Å². The second kappa shape index (κ2) is 5.93. The fourth-order valence-corrected chi connectivity index (χ4v) is 2.89. The van der Waals surface area contributed by atoms with Crippen LogP contribution in [0.5, 0.6) is 5.88 Å². The van der Waals surface area contributed by atoms with Crippen molar-refractivity contribution in [3.8, 4) is 5.88 Å². The summed E-state index contributed by atoms with van der Waals surface area (Å²) in [5.41, 5.74) is 2.10. The Balaban J connectivity index is 2.45. The molecule has 0 amide bonds. The Labute approximate surface area is 111 Å². The number of aryl methyl sites for hydroxylation is 1. The Hall–Kier alpha value is -1.46. The third-order valence-corrected chi connectivity index (χ3v) is 3.81. The zero-order chi connectivity index (χ0) is 13.0. The number of aromatic nitrogens is 2. The molecule has 0 saturated carbocycles. The van der Waals surface area contributed by atoms with E-state index in [1.165, 1.54) is 10.4 Å². The molecule has 1 atom stereocenters. The molecule has 1 unspecified atom stereocenters. The van der Waals surface area contributed by atoms with Crippen molar-refractivity contribution in [1.82, 2.24) is 15.3 Å². The lowest BCUT2D eigenvalue weighted by Crippen LogP contribution is -2.23. The molecule has 18 heavy (non-hydrogen) atoms. The number of hydrogen-bond acceptors (Lipinski definition) is 5. The fourth-order valence-electron chi connectivity index (χ4n) is 1.89. The Morgan fingerprint density at radius 2 is 2.17 bits per heavy atom. The van der Waals surface area contributed by atoms with Crippen molar-refractivity contribution in [1.29, 1.82) is 0 Å². The van der Waals surface area contributed by atoms with Crippen molar-refractivity contribution in [3.63, 3.8) is 0 Å². The van der Waals surface area contributed by atoms with Crippen LogP contribution in [0.2, 0.25) is 0 Å². The van der Waals surface area contributed by atoms with Gasteiger partial charge in [0, 0.05) is 17.3 Å². The standard InChI is InChI=1S/C13H17N3OS/c1-4-14-10(12-9(2)5-8-18-12)11-13(17-3)16-7-6-15-11/h5-8,10,14H,4H2,1-3H3. The summed E-state index contributed by atoms with van der Waals surface area (Å²) in [5, 5.41) is 5.54. The molecule has 0 aliphatic rings. The minimum absolute atomic E-state index is 0.0404.